The molecule has 1 aromatic carbocycles. The number of nitrogen functional groups attached to an aromatic ring is 1. The number of para-hydroxylation sites is 2. The molecule has 0 spiro atoms. The Kier molecular flexibility index (Phi) is 3.92. The second kappa shape index (κ2) is 6.18. The van der Waals surface area contributed by atoms with Crippen molar-refractivity contribution >= 4 is 17.4 Å². The number of hydrogen-bond acceptors (Lipinski definition) is 5. The van der Waals surface area contributed by atoms with Gasteiger partial charge < -0.3 is 15.8 Å². The third kappa shape index (κ3) is 2.84. The summed E-state index contributed by atoms with van der Waals surface area (Å²) in [6, 6.07) is 12.5. The molecule has 3 aromatic rings. The van der Waals surface area contributed by atoms with Crippen LogP contribution in [-0.2, 0) is 0 Å². The van der Waals surface area contributed by atoms with E-state index in [2.05, 4.69) is 15.4 Å². The standard InChI is InChI=1S/C16H15N5O2/c1-23-13-7-3-2-6-12(13)20-16(22)11-10-19-21(15(11)17)14-8-4-5-9-18-14/h2-10H,17H2,1H3,(H,20,22). The number of rotatable bonds is 4. The molecule has 1 amide bonds. The molecule has 0 aliphatic rings. The Bertz CT molecular complexity index is 829. The molecular formula is C16H15N5O2. The number of nitrogens with two attached hydrogens (primary N) is 1. The van der Waals surface area contributed by atoms with Crippen LogP contribution in [0.15, 0.2) is 54.9 Å². The lowest BCUT2D eigenvalue weighted by molar-refractivity contribution is 0.102. The van der Waals surface area contributed by atoms with E-state index in [4.69, 9.17) is 10.5 Å². The lowest BCUT2D eigenvalue weighted by atomic mass is 10.2. The molecule has 2 heterocycles. The number of carbonyl (C=O) groups excluding carboxylic acids is 1. The summed E-state index contributed by atoms with van der Waals surface area (Å²) in [6.07, 6.45) is 3.04. The molecule has 0 saturated heterocycles. The summed E-state index contributed by atoms with van der Waals surface area (Å²) in [6.45, 7) is 0. The second-order valence-electron chi connectivity index (χ2n) is 4.70. The number of nitrogens with one attached hydrogen (secondary N) is 1. The number of benzene rings is 1. The highest BCUT2D eigenvalue weighted by atomic mass is 16.5. The first-order valence-electron chi connectivity index (χ1n) is 6.90. The molecule has 0 bridgehead atoms. The molecule has 0 aliphatic carbocycles. The molecule has 0 fully saturated rings. The van der Waals surface area contributed by atoms with Crippen LogP contribution in [0.3, 0.4) is 0 Å². The van der Waals surface area contributed by atoms with Crippen molar-refractivity contribution in [3.05, 3.63) is 60.4 Å². The summed E-state index contributed by atoms with van der Waals surface area (Å²) in [5.41, 5.74) is 6.85. The molecular weight excluding hydrogens is 294 g/mol. The topological polar surface area (TPSA) is 95.1 Å². The second-order valence-corrected chi connectivity index (χ2v) is 4.70. The van der Waals surface area contributed by atoms with E-state index in [9.17, 15) is 4.79 Å². The van der Waals surface area contributed by atoms with E-state index in [-0.39, 0.29) is 17.3 Å². The first kappa shape index (κ1) is 14.6. The van der Waals surface area contributed by atoms with E-state index in [1.54, 1.807) is 43.6 Å². The number of aromatic nitrogens is 3. The number of anilines is 2. The summed E-state index contributed by atoms with van der Waals surface area (Å²) in [5.74, 6) is 0.961. The molecule has 0 aliphatic heterocycles. The quantitative estimate of drug-likeness (QED) is 0.769. The zero-order chi connectivity index (χ0) is 16.2. The zero-order valence-electron chi connectivity index (χ0n) is 12.4. The Morgan fingerprint density at radius 2 is 2.00 bits per heavy atom. The van der Waals surface area contributed by atoms with Crippen LogP contribution in [0.2, 0.25) is 0 Å². The zero-order valence-corrected chi connectivity index (χ0v) is 12.4. The van der Waals surface area contributed by atoms with Crippen LogP contribution < -0.4 is 15.8 Å². The minimum atomic E-state index is -0.366. The van der Waals surface area contributed by atoms with Gasteiger partial charge in [-0.25, -0.2) is 4.98 Å². The minimum Gasteiger partial charge on any atom is -0.495 e. The molecule has 7 nitrogen and oxygen atoms in total. The van der Waals surface area contributed by atoms with Crippen molar-refractivity contribution in [3.8, 4) is 11.6 Å². The largest absolute Gasteiger partial charge is 0.495 e. The average molecular weight is 309 g/mol. The maximum atomic E-state index is 12.4. The summed E-state index contributed by atoms with van der Waals surface area (Å²) >= 11 is 0. The first-order chi connectivity index (χ1) is 11.2. The summed E-state index contributed by atoms with van der Waals surface area (Å²) in [5, 5.41) is 6.89. The Morgan fingerprint density at radius 1 is 1.22 bits per heavy atom. The van der Waals surface area contributed by atoms with E-state index in [0.29, 0.717) is 17.3 Å². The van der Waals surface area contributed by atoms with Gasteiger partial charge in [0.05, 0.1) is 19.0 Å². The molecule has 3 N–H and O–H groups in total. The third-order valence-electron chi connectivity index (χ3n) is 3.27. The van der Waals surface area contributed by atoms with Crippen LogP contribution in [0, 0.1) is 0 Å². The number of ether oxygens (including phenoxy) is 1. The fraction of sp³-hybridized carbons (Fsp3) is 0.0625. The SMILES string of the molecule is COc1ccccc1NC(=O)c1cnn(-c2ccccn2)c1N. The molecule has 23 heavy (non-hydrogen) atoms. The van der Waals surface area contributed by atoms with Crippen molar-refractivity contribution in [2.24, 2.45) is 0 Å². The van der Waals surface area contributed by atoms with Gasteiger partial charge in [0.1, 0.15) is 17.1 Å². The predicted octanol–water partition coefficient (Wildman–Crippen LogP) is 2.11. The van der Waals surface area contributed by atoms with Crippen molar-refractivity contribution in [2.45, 2.75) is 0 Å². The van der Waals surface area contributed by atoms with Gasteiger partial charge in [-0.1, -0.05) is 18.2 Å². The average Bonchev–Trinajstić information content (AvgIpc) is 2.98. The van der Waals surface area contributed by atoms with Crippen molar-refractivity contribution in [1.29, 1.82) is 0 Å². The normalized spacial score (nSPS) is 10.3. The van der Waals surface area contributed by atoms with Crippen LogP contribution in [0.5, 0.6) is 5.75 Å². The lowest BCUT2D eigenvalue weighted by Crippen LogP contribution is -2.14. The maximum Gasteiger partial charge on any atom is 0.261 e. The predicted molar refractivity (Wildman–Crippen MR) is 86.7 cm³/mol. The van der Waals surface area contributed by atoms with E-state index in [1.165, 1.54) is 10.9 Å². The molecule has 0 unspecified atom stereocenters. The fourth-order valence-electron chi connectivity index (χ4n) is 2.13. The smallest absolute Gasteiger partial charge is 0.261 e. The highest BCUT2D eigenvalue weighted by molar-refractivity contribution is 6.07. The van der Waals surface area contributed by atoms with Gasteiger partial charge in [0.15, 0.2) is 5.82 Å². The van der Waals surface area contributed by atoms with Gasteiger partial charge in [-0.05, 0) is 24.3 Å². The van der Waals surface area contributed by atoms with Gasteiger partial charge in [0.25, 0.3) is 5.91 Å². The van der Waals surface area contributed by atoms with Gasteiger partial charge in [0, 0.05) is 6.20 Å². The van der Waals surface area contributed by atoms with Crippen molar-refractivity contribution in [2.75, 3.05) is 18.2 Å². The van der Waals surface area contributed by atoms with Crippen molar-refractivity contribution in [3.63, 3.8) is 0 Å². The molecule has 3 rings (SSSR count). The molecule has 2 aromatic heterocycles. The van der Waals surface area contributed by atoms with Crippen molar-refractivity contribution in [1.82, 2.24) is 14.8 Å². The Morgan fingerprint density at radius 3 is 2.74 bits per heavy atom. The van der Waals surface area contributed by atoms with Crippen LogP contribution >= 0.6 is 0 Å². The maximum absolute atomic E-state index is 12.4. The van der Waals surface area contributed by atoms with Crippen molar-refractivity contribution < 1.29 is 9.53 Å². The molecule has 0 saturated carbocycles. The summed E-state index contributed by atoms with van der Waals surface area (Å²) in [7, 11) is 1.54. The fourth-order valence-corrected chi connectivity index (χ4v) is 2.13. The highest BCUT2D eigenvalue weighted by Crippen LogP contribution is 2.24. The number of hydrogen-bond donors (Lipinski definition) is 2. The number of amides is 1. The van der Waals surface area contributed by atoms with Crippen LogP contribution in [0.4, 0.5) is 11.5 Å². The molecule has 116 valence electrons. The number of pyridine rings is 1. The van der Waals surface area contributed by atoms with E-state index < -0.39 is 0 Å². The summed E-state index contributed by atoms with van der Waals surface area (Å²) < 4.78 is 6.62. The van der Waals surface area contributed by atoms with Gasteiger partial charge in [-0.15, -0.1) is 0 Å². The number of nitrogens with zero attached hydrogens (tertiary/aromatic N) is 3. The van der Waals surface area contributed by atoms with E-state index >= 15 is 0 Å². The van der Waals surface area contributed by atoms with Crippen LogP contribution in [0.1, 0.15) is 10.4 Å². The Labute approximate surface area is 132 Å². The van der Waals surface area contributed by atoms with E-state index in [0.717, 1.165) is 0 Å². The monoisotopic (exact) mass is 309 g/mol. The number of carbonyl (C=O) groups is 1. The summed E-state index contributed by atoms with van der Waals surface area (Å²) in [4.78, 5) is 16.6. The van der Waals surface area contributed by atoms with E-state index in [1.807, 2.05) is 12.1 Å². The first-order valence-corrected chi connectivity index (χ1v) is 6.90. The van der Waals surface area contributed by atoms with Gasteiger partial charge in [-0.2, -0.15) is 9.78 Å². The van der Waals surface area contributed by atoms with Gasteiger partial charge >= 0.3 is 0 Å². The van der Waals surface area contributed by atoms with Gasteiger partial charge in [0.2, 0.25) is 0 Å². The van der Waals surface area contributed by atoms with Gasteiger partial charge in [-0.3, -0.25) is 4.79 Å². The Hall–Kier alpha value is -3.35. The lowest BCUT2D eigenvalue weighted by Gasteiger charge is -2.09. The highest BCUT2D eigenvalue weighted by Gasteiger charge is 2.17. The number of methoxy groups -OCH3 is 1. The third-order valence-corrected chi connectivity index (χ3v) is 3.27. The van der Waals surface area contributed by atoms with Crippen LogP contribution in [-0.4, -0.2) is 27.8 Å². The Balaban J connectivity index is 1.88. The molecule has 0 radical (unpaired) electrons. The van der Waals surface area contributed by atoms with Crippen LogP contribution in [0.25, 0.3) is 5.82 Å². The molecule has 7 heteroatoms. The minimum absolute atomic E-state index is 0.219. The molecule has 0 atom stereocenters.